The number of carbonyl (C=O) groups excluding carboxylic acids is 1. The lowest BCUT2D eigenvalue weighted by molar-refractivity contribution is -0.139. The topological polar surface area (TPSA) is 63.2 Å². The van der Waals surface area contributed by atoms with Crippen molar-refractivity contribution >= 4 is 14.5 Å². The molecule has 0 rings (SSSR count). The van der Waals surface area contributed by atoms with Gasteiger partial charge >= 0.3 is 14.5 Å². The summed E-state index contributed by atoms with van der Waals surface area (Å²) in [4.78, 5) is 11.3. The van der Waals surface area contributed by atoms with E-state index in [4.69, 9.17) is 23.1 Å². The van der Waals surface area contributed by atoms with Crippen molar-refractivity contribution in [3.63, 3.8) is 0 Å². The summed E-state index contributed by atoms with van der Waals surface area (Å²) in [7, 11) is 3.84. The summed E-state index contributed by atoms with van der Waals surface area (Å²) in [6.07, 6.45) is 1.23. The van der Waals surface area contributed by atoms with E-state index in [2.05, 4.69) is 6.58 Å². The second-order valence-electron chi connectivity index (χ2n) is 5.27. The Kier molecular flexibility index (Phi) is 9.10. The van der Waals surface area contributed by atoms with E-state index in [1.165, 1.54) is 0 Å². The highest BCUT2D eigenvalue weighted by Gasteiger charge is 2.60. The molecular formula is C15H30O6Si. The normalized spacial score (nSPS) is 17.4. The molecule has 2 atom stereocenters. The van der Waals surface area contributed by atoms with Crippen LogP contribution in [0.1, 0.15) is 20.3 Å². The first-order chi connectivity index (χ1) is 10.3. The summed E-state index contributed by atoms with van der Waals surface area (Å²) in [5.74, 6) is -0.456. The first-order valence-corrected chi connectivity index (χ1v) is 9.56. The maximum Gasteiger partial charge on any atom is 0.346 e. The summed E-state index contributed by atoms with van der Waals surface area (Å²) in [6, 6.07) is 0. The van der Waals surface area contributed by atoms with Gasteiger partial charge in [0.15, 0.2) is 0 Å². The van der Waals surface area contributed by atoms with Crippen LogP contribution in [0.3, 0.4) is 0 Å². The Labute approximate surface area is 135 Å². The highest BCUT2D eigenvalue weighted by Crippen LogP contribution is 2.50. The molecule has 0 heterocycles. The summed E-state index contributed by atoms with van der Waals surface area (Å²) >= 11 is 0. The van der Waals surface area contributed by atoms with Crippen LogP contribution in [0.25, 0.3) is 0 Å². The third-order valence-electron chi connectivity index (χ3n) is 4.71. The lowest BCUT2D eigenvalue weighted by atomic mass is 9.92. The van der Waals surface area contributed by atoms with Crippen molar-refractivity contribution < 1.29 is 27.9 Å². The monoisotopic (exact) mass is 334 g/mol. The smallest absolute Gasteiger partial charge is 0.346 e. The van der Waals surface area contributed by atoms with E-state index < -0.39 is 19.6 Å². The van der Waals surface area contributed by atoms with Gasteiger partial charge in [-0.1, -0.05) is 6.58 Å². The van der Waals surface area contributed by atoms with Crippen LogP contribution in [0.15, 0.2) is 12.7 Å². The second-order valence-corrected chi connectivity index (χ2v) is 8.91. The van der Waals surface area contributed by atoms with Crippen LogP contribution in [0.2, 0.25) is 11.6 Å². The number of hydrogen-bond donors (Lipinski definition) is 0. The van der Waals surface area contributed by atoms with Crippen molar-refractivity contribution in [3.8, 4) is 0 Å². The van der Waals surface area contributed by atoms with Gasteiger partial charge in [-0.2, -0.15) is 0 Å². The number of hydrogen-bond acceptors (Lipinski definition) is 6. The van der Waals surface area contributed by atoms with Crippen molar-refractivity contribution in [3.05, 3.63) is 12.7 Å². The third kappa shape index (κ3) is 4.17. The first kappa shape index (κ1) is 21.3. The quantitative estimate of drug-likeness (QED) is 0.328. The fourth-order valence-corrected chi connectivity index (χ4v) is 6.16. The fraction of sp³-hybridized carbons (Fsp3) is 0.800. The molecule has 0 aliphatic carbocycles. The molecule has 0 amide bonds. The largest absolute Gasteiger partial charge is 0.463 e. The molecule has 0 aliphatic heterocycles. The van der Waals surface area contributed by atoms with Gasteiger partial charge in [0.1, 0.15) is 0 Å². The van der Waals surface area contributed by atoms with Crippen LogP contribution in [0, 0.1) is 0 Å². The van der Waals surface area contributed by atoms with E-state index >= 15 is 0 Å². The molecule has 7 heteroatoms. The van der Waals surface area contributed by atoms with Gasteiger partial charge in [0, 0.05) is 34.5 Å². The average molecular weight is 334 g/mol. The Bertz CT molecular complexity index is 346. The molecular weight excluding hydrogens is 304 g/mol. The van der Waals surface area contributed by atoms with Crippen molar-refractivity contribution in [1.82, 2.24) is 0 Å². The summed E-state index contributed by atoms with van der Waals surface area (Å²) < 4.78 is 27.9. The average Bonchev–Trinajstić information content (AvgIpc) is 2.56. The van der Waals surface area contributed by atoms with E-state index in [0.29, 0.717) is 6.42 Å². The van der Waals surface area contributed by atoms with Gasteiger partial charge in [0.25, 0.3) is 0 Å². The van der Waals surface area contributed by atoms with Crippen LogP contribution >= 0.6 is 0 Å². The molecule has 0 radical (unpaired) electrons. The molecule has 0 saturated heterocycles. The minimum Gasteiger partial charge on any atom is -0.463 e. The predicted octanol–water partition coefficient (Wildman–Crippen LogP) is 2.28. The van der Waals surface area contributed by atoms with E-state index in [1.807, 2.05) is 20.4 Å². The van der Waals surface area contributed by atoms with Crippen LogP contribution in [0.4, 0.5) is 0 Å². The Morgan fingerprint density at radius 2 is 1.59 bits per heavy atom. The maximum absolute atomic E-state index is 11.3. The summed E-state index contributed by atoms with van der Waals surface area (Å²) in [5.41, 5.74) is 0. The molecule has 6 nitrogen and oxygen atoms in total. The molecule has 130 valence electrons. The van der Waals surface area contributed by atoms with Crippen LogP contribution in [0.5, 0.6) is 0 Å². The first-order valence-electron chi connectivity index (χ1n) is 7.24. The highest BCUT2D eigenvalue weighted by molar-refractivity contribution is 6.69. The molecule has 0 aromatic rings. The molecule has 0 spiro atoms. The minimum atomic E-state index is -2.69. The minimum absolute atomic E-state index is 0.207. The molecule has 0 bridgehead atoms. The predicted molar refractivity (Wildman–Crippen MR) is 87.0 cm³/mol. The van der Waals surface area contributed by atoms with Crippen LogP contribution in [-0.2, 0) is 27.9 Å². The molecule has 22 heavy (non-hydrogen) atoms. The van der Waals surface area contributed by atoms with Crippen molar-refractivity contribution in [2.75, 3.05) is 35.0 Å². The Hall–Kier alpha value is -0.733. The third-order valence-corrected chi connectivity index (χ3v) is 9.02. The Morgan fingerprint density at radius 1 is 1.14 bits per heavy atom. The number of carbonyl (C=O) groups is 1. The molecule has 0 aromatic heterocycles. The maximum atomic E-state index is 11.3. The van der Waals surface area contributed by atoms with Gasteiger partial charge in [-0.05, 0) is 26.8 Å². The van der Waals surface area contributed by atoms with Crippen molar-refractivity contribution in [1.29, 1.82) is 0 Å². The summed E-state index contributed by atoms with van der Waals surface area (Å²) in [5, 5.41) is -0.554. The zero-order valence-corrected chi connectivity index (χ0v) is 15.8. The molecule has 0 saturated carbocycles. The lowest BCUT2D eigenvalue weighted by Crippen LogP contribution is -2.60. The van der Waals surface area contributed by atoms with Crippen molar-refractivity contribution in [2.24, 2.45) is 0 Å². The molecule has 0 aliphatic rings. The summed E-state index contributed by atoms with van der Waals surface area (Å²) in [6.45, 7) is 9.48. The van der Waals surface area contributed by atoms with Crippen LogP contribution < -0.4 is 0 Å². The molecule has 2 unspecified atom stereocenters. The van der Waals surface area contributed by atoms with E-state index in [9.17, 15) is 4.79 Å². The van der Waals surface area contributed by atoms with Gasteiger partial charge in [-0.25, -0.2) is 4.79 Å². The van der Waals surface area contributed by atoms with Crippen molar-refractivity contribution in [2.45, 2.75) is 44.1 Å². The van der Waals surface area contributed by atoms with E-state index in [-0.39, 0.29) is 18.8 Å². The molecule has 0 aromatic carbocycles. The molecule has 0 N–H and O–H groups in total. The molecule has 0 fully saturated rings. The van der Waals surface area contributed by atoms with Gasteiger partial charge in [-0.3, -0.25) is 0 Å². The number of methoxy groups -OCH3 is 2. The number of ether oxygens (including phenoxy) is 3. The fourth-order valence-electron chi connectivity index (χ4n) is 2.97. The second kappa shape index (κ2) is 9.42. The number of rotatable bonds is 11. The van der Waals surface area contributed by atoms with Crippen LogP contribution in [-0.4, -0.2) is 61.8 Å². The SMILES string of the molecule is C=CC(=O)OCCC(C(C)OC)(C(C)OC)[Si](C)(OC)OC. The zero-order chi connectivity index (χ0) is 17.4. The van der Waals surface area contributed by atoms with Gasteiger partial charge in [0.2, 0.25) is 0 Å². The van der Waals surface area contributed by atoms with Gasteiger partial charge < -0.3 is 23.1 Å². The standard InChI is InChI=1S/C15H30O6Si/c1-9-14(16)21-11-10-15(12(2)17-4,13(3)18-5)22(8,19-6)20-7/h9,12-13H,1,10-11H2,2-8H3. The van der Waals surface area contributed by atoms with E-state index in [0.717, 1.165) is 6.08 Å². The van der Waals surface area contributed by atoms with Gasteiger partial charge in [0.05, 0.1) is 23.9 Å². The highest BCUT2D eigenvalue weighted by atomic mass is 28.4. The van der Waals surface area contributed by atoms with E-state index in [1.54, 1.807) is 28.4 Å². The Morgan fingerprint density at radius 3 is 1.91 bits per heavy atom. The lowest BCUT2D eigenvalue weighted by Gasteiger charge is -2.50. The Balaban J connectivity index is 5.66. The number of esters is 1. The van der Waals surface area contributed by atoms with Gasteiger partial charge in [-0.15, -0.1) is 0 Å². The zero-order valence-electron chi connectivity index (χ0n) is 14.8.